The van der Waals surface area contributed by atoms with Gasteiger partial charge in [-0.1, -0.05) is 17.7 Å². The molecule has 0 spiro atoms. The van der Waals surface area contributed by atoms with Crippen molar-refractivity contribution < 1.29 is 13.5 Å². The van der Waals surface area contributed by atoms with Crippen molar-refractivity contribution in [2.75, 3.05) is 20.3 Å². The Kier molecular flexibility index (Phi) is 5.95. The number of methoxy groups -OCH3 is 1. The second-order valence-electron chi connectivity index (χ2n) is 4.37. The van der Waals surface area contributed by atoms with Crippen molar-refractivity contribution in [2.24, 2.45) is 0 Å². The third-order valence-electron chi connectivity index (χ3n) is 2.55. The van der Waals surface area contributed by atoms with Crippen LogP contribution in [0.25, 0.3) is 0 Å². The first-order chi connectivity index (χ1) is 8.54. The van der Waals surface area contributed by atoms with Gasteiger partial charge in [-0.15, -0.1) is 0 Å². The van der Waals surface area contributed by atoms with Crippen LogP contribution in [-0.2, 0) is 4.74 Å². The van der Waals surface area contributed by atoms with E-state index in [1.165, 1.54) is 11.6 Å². The smallest absolute Gasteiger partial charge is 0.159 e. The third kappa shape index (κ3) is 4.55. The minimum atomic E-state index is -0.836. The van der Waals surface area contributed by atoms with Crippen LogP contribution in [0.1, 0.15) is 25.5 Å². The van der Waals surface area contributed by atoms with Gasteiger partial charge in [-0.25, -0.2) is 8.78 Å². The van der Waals surface area contributed by atoms with Crippen LogP contribution in [0, 0.1) is 11.6 Å². The maximum atomic E-state index is 13.2. The van der Waals surface area contributed by atoms with Crippen molar-refractivity contribution >= 4 is 0 Å². The fourth-order valence-electron chi connectivity index (χ4n) is 1.57. The number of nitrogens with one attached hydrogen (secondary N) is 1. The molecule has 2 nitrogen and oxygen atoms in total. The lowest BCUT2D eigenvalue weighted by molar-refractivity contribution is 0.168. The maximum Gasteiger partial charge on any atom is 0.159 e. The van der Waals surface area contributed by atoms with E-state index in [1.54, 1.807) is 13.2 Å². The largest absolute Gasteiger partial charge is 0.383 e. The van der Waals surface area contributed by atoms with E-state index in [1.807, 2.05) is 19.9 Å². The first-order valence-electron chi connectivity index (χ1n) is 5.85. The van der Waals surface area contributed by atoms with Crippen molar-refractivity contribution in [3.63, 3.8) is 0 Å². The lowest BCUT2D eigenvalue weighted by Crippen LogP contribution is -2.25. The molecule has 0 aliphatic heterocycles. The van der Waals surface area contributed by atoms with Gasteiger partial charge in [-0.3, -0.25) is 0 Å². The van der Waals surface area contributed by atoms with Crippen molar-refractivity contribution in [1.82, 2.24) is 5.32 Å². The Morgan fingerprint density at radius 1 is 1.33 bits per heavy atom. The molecule has 0 aliphatic carbocycles. The molecule has 1 N–H and O–H groups in total. The van der Waals surface area contributed by atoms with E-state index in [0.717, 1.165) is 6.07 Å². The van der Waals surface area contributed by atoms with Crippen LogP contribution in [0.3, 0.4) is 0 Å². The molecule has 1 atom stereocenters. The van der Waals surface area contributed by atoms with Crippen molar-refractivity contribution in [1.29, 1.82) is 0 Å². The van der Waals surface area contributed by atoms with E-state index in [-0.39, 0.29) is 6.04 Å². The van der Waals surface area contributed by atoms with Gasteiger partial charge in [0.2, 0.25) is 0 Å². The molecule has 100 valence electrons. The summed E-state index contributed by atoms with van der Waals surface area (Å²) >= 11 is 0. The van der Waals surface area contributed by atoms with Gasteiger partial charge in [0.15, 0.2) is 11.6 Å². The molecule has 4 heteroatoms. The highest BCUT2D eigenvalue weighted by Crippen LogP contribution is 2.16. The van der Waals surface area contributed by atoms with Gasteiger partial charge in [0, 0.05) is 13.7 Å². The fourth-order valence-corrected chi connectivity index (χ4v) is 1.57. The van der Waals surface area contributed by atoms with Crippen LogP contribution in [0.15, 0.2) is 29.8 Å². The fraction of sp³-hybridized carbons (Fsp3) is 0.429. The summed E-state index contributed by atoms with van der Waals surface area (Å²) in [5.74, 6) is -1.67. The zero-order chi connectivity index (χ0) is 13.5. The average molecular weight is 255 g/mol. The molecular formula is C14H19F2NO. The summed E-state index contributed by atoms with van der Waals surface area (Å²) in [5, 5.41) is 3.22. The molecule has 1 aromatic rings. The second-order valence-corrected chi connectivity index (χ2v) is 4.37. The zero-order valence-corrected chi connectivity index (χ0v) is 11.0. The van der Waals surface area contributed by atoms with Crippen molar-refractivity contribution in [3.05, 3.63) is 47.0 Å². The Labute approximate surface area is 107 Å². The first-order valence-corrected chi connectivity index (χ1v) is 5.85. The van der Waals surface area contributed by atoms with Gasteiger partial charge >= 0.3 is 0 Å². The number of rotatable bonds is 6. The predicted octanol–water partition coefficient (Wildman–Crippen LogP) is 3.21. The molecule has 0 aromatic heterocycles. The average Bonchev–Trinajstić information content (AvgIpc) is 2.31. The highest BCUT2D eigenvalue weighted by atomic mass is 19.2. The molecule has 0 bridgehead atoms. The molecular weight excluding hydrogens is 236 g/mol. The van der Waals surface area contributed by atoms with E-state index >= 15 is 0 Å². The molecule has 18 heavy (non-hydrogen) atoms. The Morgan fingerprint density at radius 2 is 2.06 bits per heavy atom. The number of allylic oxidation sites excluding steroid dienone is 1. The first kappa shape index (κ1) is 14.8. The predicted molar refractivity (Wildman–Crippen MR) is 68.4 cm³/mol. The van der Waals surface area contributed by atoms with Crippen molar-refractivity contribution in [2.45, 2.75) is 19.9 Å². The molecule has 0 amide bonds. The van der Waals surface area contributed by atoms with E-state index in [9.17, 15) is 8.78 Å². The van der Waals surface area contributed by atoms with Gasteiger partial charge in [0.25, 0.3) is 0 Å². The molecule has 1 aromatic carbocycles. The number of halogens is 2. The summed E-state index contributed by atoms with van der Waals surface area (Å²) in [6, 6.07) is 3.75. The van der Waals surface area contributed by atoms with Gasteiger partial charge in [-0.2, -0.15) is 0 Å². The zero-order valence-electron chi connectivity index (χ0n) is 11.0. The number of benzene rings is 1. The van der Waals surface area contributed by atoms with Gasteiger partial charge < -0.3 is 10.1 Å². The quantitative estimate of drug-likeness (QED) is 0.788. The molecule has 0 unspecified atom stereocenters. The van der Waals surface area contributed by atoms with E-state index in [0.29, 0.717) is 18.7 Å². The highest BCUT2D eigenvalue weighted by Gasteiger charge is 2.12. The molecule has 1 rings (SSSR count). The SMILES string of the molecule is COC[C@H](NCC=C(C)C)c1ccc(F)c(F)c1. The van der Waals surface area contributed by atoms with E-state index in [4.69, 9.17) is 4.74 Å². The highest BCUT2D eigenvalue weighted by molar-refractivity contribution is 5.21. The standard InChI is InChI=1S/C14H19F2NO/c1-10(2)6-7-17-14(9-18-3)11-4-5-12(15)13(16)8-11/h4-6,8,14,17H,7,9H2,1-3H3/t14-/m0/s1. The second kappa shape index (κ2) is 7.24. The molecule has 0 heterocycles. The number of hydrogen-bond donors (Lipinski definition) is 1. The minimum absolute atomic E-state index is 0.152. The minimum Gasteiger partial charge on any atom is -0.383 e. The number of hydrogen-bond acceptors (Lipinski definition) is 2. The topological polar surface area (TPSA) is 21.3 Å². The monoisotopic (exact) mass is 255 g/mol. The summed E-state index contributed by atoms with van der Waals surface area (Å²) in [6.07, 6.45) is 2.03. The summed E-state index contributed by atoms with van der Waals surface area (Å²) in [4.78, 5) is 0. The molecule has 0 fully saturated rings. The van der Waals surface area contributed by atoms with Crippen LogP contribution in [0.4, 0.5) is 8.78 Å². The number of ether oxygens (including phenoxy) is 1. The molecule has 0 radical (unpaired) electrons. The summed E-state index contributed by atoms with van der Waals surface area (Å²) in [5.41, 5.74) is 1.88. The lowest BCUT2D eigenvalue weighted by atomic mass is 10.1. The Balaban J connectivity index is 2.76. The Bertz CT molecular complexity index is 414. The maximum absolute atomic E-state index is 13.2. The van der Waals surface area contributed by atoms with Gasteiger partial charge in [0.05, 0.1) is 12.6 Å². The molecule has 0 aliphatic rings. The molecule has 0 saturated heterocycles. The summed E-state index contributed by atoms with van der Waals surface area (Å²) in [7, 11) is 1.58. The van der Waals surface area contributed by atoms with Crippen LogP contribution in [-0.4, -0.2) is 20.3 Å². The van der Waals surface area contributed by atoms with E-state index < -0.39 is 11.6 Å². The molecule has 0 saturated carbocycles. The Hall–Kier alpha value is -1.26. The summed E-state index contributed by atoms with van der Waals surface area (Å²) in [6.45, 7) is 5.08. The van der Waals surface area contributed by atoms with Crippen molar-refractivity contribution in [3.8, 4) is 0 Å². The van der Waals surface area contributed by atoms with Crippen LogP contribution < -0.4 is 5.32 Å². The lowest BCUT2D eigenvalue weighted by Gasteiger charge is -2.17. The normalized spacial score (nSPS) is 12.3. The third-order valence-corrected chi connectivity index (χ3v) is 2.55. The van der Waals surface area contributed by atoms with Crippen LogP contribution in [0.5, 0.6) is 0 Å². The van der Waals surface area contributed by atoms with Gasteiger partial charge in [0.1, 0.15) is 0 Å². The van der Waals surface area contributed by atoms with Crippen LogP contribution in [0.2, 0.25) is 0 Å². The Morgan fingerprint density at radius 3 is 2.61 bits per heavy atom. The summed E-state index contributed by atoms with van der Waals surface area (Å²) < 4.78 is 31.1. The van der Waals surface area contributed by atoms with E-state index in [2.05, 4.69) is 5.32 Å². The van der Waals surface area contributed by atoms with Gasteiger partial charge in [-0.05, 0) is 31.5 Å². The van der Waals surface area contributed by atoms with Crippen LogP contribution >= 0.6 is 0 Å².